The number of aliphatic hydroxyl groups excluding tert-OH is 1. The van der Waals surface area contributed by atoms with Crippen molar-refractivity contribution in [3.63, 3.8) is 0 Å². The van der Waals surface area contributed by atoms with Crippen molar-refractivity contribution in [2.24, 2.45) is 22.7 Å². The lowest BCUT2D eigenvalue weighted by Crippen LogP contribution is -2.71. The van der Waals surface area contributed by atoms with Gasteiger partial charge in [-0.25, -0.2) is 4.79 Å². The summed E-state index contributed by atoms with van der Waals surface area (Å²) in [6, 6.07) is 5.00. The molecule has 226 valence electrons. The number of pyridine rings is 1. The van der Waals surface area contributed by atoms with Gasteiger partial charge in [-0.05, 0) is 49.7 Å². The minimum absolute atomic E-state index is 0.0163. The third-order valence-corrected chi connectivity index (χ3v) is 9.73. The second kappa shape index (κ2) is 10.5. The molecule has 11 nitrogen and oxygen atoms in total. The summed E-state index contributed by atoms with van der Waals surface area (Å²) in [4.78, 5) is 54.0. The van der Waals surface area contributed by atoms with E-state index in [9.17, 15) is 24.3 Å². The van der Waals surface area contributed by atoms with Crippen LogP contribution in [-0.4, -0.2) is 52.4 Å². The van der Waals surface area contributed by atoms with Crippen LogP contribution < -0.4 is 10.4 Å². The molecule has 2 aliphatic carbocycles. The number of carbonyl (C=O) groups excluding carboxylic acids is 3. The second-order valence-electron chi connectivity index (χ2n) is 12.4. The van der Waals surface area contributed by atoms with E-state index in [2.05, 4.69) is 4.98 Å². The number of nitrogens with zero attached hydrogens (tertiary/aromatic N) is 1. The molecular formula is C31H37NO10. The topological polar surface area (TPSA) is 151 Å². The molecule has 0 saturated heterocycles. The number of carbonyl (C=O) groups is 3. The average Bonchev–Trinajstić information content (AvgIpc) is 2.90. The average molecular weight is 584 g/mol. The van der Waals surface area contributed by atoms with Crippen LogP contribution in [0.1, 0.15) is 72.5 Å². The van der Waals surface area contributed by atoms with Crippen molar-refractivity contribution < 1.29 is 42.9 Å². The third kappa shape index (κ3) is 4.77. The van der Waals surface area contributed by atoms with E-state index < -0.39 is 64.2 Å². The van der Waals surface area contributed by atoms with Crippen molar-refractivity contribution in [2.45, 2.75) is 84.7 Å². The third-order valence-electron chi connectivity index (χ3n) is 9.73. The van der Waals surface area contributed by atoms with E-state index in [-0.39, 0.29) is 36.0 Å². The molecule has 1 N–H and O–H groups in total. The van der Waals surface area contributed by atoms with Crippen LogP contribution in [-0.2, 0) is 28.6 Å². The number of hydrogen-bond acceptors (Lipinski definition) is 11. The largest absolute Gasteiger partial charge is 0.482 e. The molecule has 2 fully saturated rings. The maximum absolute atomic E-state index is 13.4. The Morgan fingerprint density at radius 2 is 1.76 bits per heavy atom. The fourth-order valence-corrected chi connectivity index (χ4v) is 8.04. The molecule has 8 atom stereocenters. The quantitative estimate of drug-likeness (QED) is 0.405. The molecule has 0 aromatic carbocycles. The zero-order valence-electron chi connectivity index (χ0n) is 24.7. The van der Waals surface area contributed by atoms with Crippen LogP contribution in [0, 0.1) is 22.7 Å². The van der Waals surface area contributed by atoms with Gasteiger partial charge in [0.05, 0.1) is 6.10 Å². The van der Waals surface area contributed by atoms with Crippen molar-refractivity contribution in [1.29, 1.82) is 0 Å². The molecule has 42 heavy (non-hydrogen) atoms. The fraction of sp³-hybridized carbons (Fsp3) is 0.581. The van der Waals surface area contributed by atoms with Gasteiger partial charge in [0.1, 0.15) is 41.5 Å². The van der Waals surface area contributed by atoms with Crippen molar-refractivity contribution in [1.82, 2.24) is 4.98 Å². The summed E-state index contributed by atoms with van der Waals surface area (Å²) in [7, 11) is 0. The molecule has 3 heterocycles. The number of rotatable bonds is 5. The monoisotopic (exact) mass is 583 g/mol. The summed E-state index contributed by atoms with van der Waals surface area (Å²) < 4.78 is 29.5. The predicted molar refractivity (Wildman–Crippen MR) is 147 cm³/mol. The highest BCUT2D eigenvalue weighted by Crippen LogP contribution is 2.67. The van der Waals surface area contributed by atoms with E-state index in [4.69, 9.17) is 23.4 Å². The lowest BCUT2D eigenvalue weighted by molar-refractivity contribution is -0.270. The standard InChI is InChI=1S/C31H37NO10/c1-16(33)38-15-30(5)22-13-24(40-18(3)35)31(6)27(29(22,4)10-9-23(30)39-17(2)34)26(36)25-21(42-31)12-20(41-28(25)37)19-8-7-11-32-14-19/h7-8,11-12,14,22-24,26-27,36H,9-10,13,15H2,1-6H3/t22?,23-,24+,26-,27?,29-,30?,31+/m0/s1. The molecule has 2 saturated carbocycles. The molecule has 11 heteroatoms. The van der Waals surface area contributed by atoms with Gasteiger partial charge in [0, 0.05) is 56.1 Å². The van der Waals surface area contributed by atoms with Gasteiger partial charge in [0.25, 0.3) is 0 Å². The van der Waals surface area contributed by atoms with Crippen LogP contribution in [0.3, 0.4) is 0 Å². The number of hydrogen-bond donors (Lipinski definition) is 1. The van der Waals surface area contributed by atoms with Crippen LogP contribution in [0.5, 0.6) is 5.75 Å². The smallest absolute Gasteiger partial charge is 0.345 e. The number of aliphatic hydroxyl groups is 1. The minimum atomic E-state index is -1.34. The molecule has 1 aliphatic heterocycles. The lowest BCUT2D eigenvalue weighted by Gasteiger charge is -2.66. The summed E-state index contributed by atoms with van der Waals surface area (Å²) in [6.45, 7) is 9.56. The molecule has 0 radical (unpaired) electrons. The summed E-state index contributed by atoms with van der Waals surface area (Å²) in [5.74, 6) is -2.25. The summed E-state index contributed by atoms with van der Waals surface area (Å²) in [6.07, 6.45) is 1.53. The van der Waals surface area contributed by atoms with Gasteiger partial charge in [-0.3, -0.25) is 19.4 Å². The van der Waals surface area contributed by atoms with Crippen LogP contribution in [0.4, 0.5) is 0 Å². The molecule has 2 aromatic rings. The van der Waals surface area contributed by atoms with Gasteiger partial charge in [-0.2, -0.15) is 0 Å². The molecule has 0 bridgehead atoms. The van der Waals surface area contributed by atoms with E-state index in [1.165, 1.54) is 20.8 Å². The van der Waals surface area contributed by atoms with Crippen molar-refractivity contribution in [2.75, 3.05) is 6.61 Å². The Morgan fingerprint density at radius 1 is 1.07 bits per heavy atom. The summed E-state index contributed by atoms with van der Waals surface area (Å²) >= 11 is 0. The first kappa shape index (κ1) is 29.8. The molecule has 0 spiro atoms. The first-order valence-corrected chi connectivity index (χ1v) is 14.1. The van der Waals surface area contributed by atoms with Gasteiger partial charge in [-0.15, -0.1) is 0 Å². The predicted octanol–water partition coefficient (Wildman–Crippen LogP) is 3.76. The van der Waals surface area contributed by atoms with E-state index in [1.54, 1.807) is 37.5 Å². The Morgan fingerprint density at radius 3 is 2.38 bits per heavy atom. The summed E-state index contributed by atoms with van der Waals surface area (Å²) in [5.41, 5.74) is -3.09. The van der Waals surface area contributed by atoms with Crippen molar-refractivity contribution >= 4 is 17.9 Å². The maximum atomic E-state index is 13.4. The van der Waals surface area contributed by atoms with E-state index in [1.807, 2.05) is 13.8 Å². The second-order valence-corrected chi connectivity index (χ2v) is 12.4. The van der Waals surface area contributed by atoms with Crippen LogP contribution in [0.15, 0.2) is 39.8 Å². The molecular weight excluding hydrogens is 546 g/mol. The van der Waals surface area contributed by atoms with Crippen LogP contribution >= 0.6 is 0 Å². The number of aromatic nitrogens is 1. The number of ether oxygens (including phenoxy) is 4. The highest BCUT2D eigenvalue weighted by molar-refractivity contribution is 5.67. The zero-order valence-corrected chi connectivity index (χ0v) is 24.7. The molecule has 3 unspecified atom stereocenters. The Balaban J connectivity index is 1.66. The minimum Gasteiger partial charge on any atom is -0.482 e. The highest BCUT2D eigenvalue weighted by Gasteiger charge is 2.70. The van der Waals surface area contributed by atoms with E-state index in [0.717, 1.165) is 0 Å². The SMILES string of the molecule is CC(=O)OCC1(C)C2C[C@@H](OC(C)=O)[C@@]3(C)Oc4cc(-c5cccnc5)oc(=O)c4[C@H](O)C3[C@@]2(C)CC[C@@H]1OC(C)=O. The molecule has 3 aliphatic rings. The maximum Gasteiger partial charge on any atom is 0.345 e. The highest BCUT2D eigenvalue weighted by atomic mass is 16.6. The Hall–Kier alpha value is -3.73. The first-order chi connectivity index (χ1) is 19.7. The molecule has 2 aromatic heterocycles. The summed E-state index contributed by atoms with van der Waals surface area (Å²) in [5, 5.41) is 12.1. The Kier molecular flexibility index (Phi) is 7.45. The zero-order chi connectivity index (χ0) is 30.6. The Labute approximate surface area is 243 Å². The molecule has 5 rings (SSSR count). The van der Waals surface area contributed by atoms with Crippen molar-refractivity contribution in [3.05, 3.63) is 46.6 Å². The van der Waals surface area contributed by atoms with E-state index >= 15 is 0 Å². The lowest BCUT2D eigenvalue weighted by atomic mass is 9.42. The van der Waals surface area contributed by atoms with Gasteiger partial charge in [-0.1, -0.05) is 13.8 Å². The fourth-order valence-electron chi connectivity index (χ4n) is 8.04. The Bertz CT molecular complexity index is 1460. The van der Waals surface area contributed by atoms with Gasteiger partial charge >= 0.3 is 23.5 Å². The normalized spacial score (nSPS) is 35.0. The first-order valence-electron chi connectivity index (χ1n) is 14.1. The van der Waals surface area contributed by atoms with Crippen LogP contribution in [0.2, 0.25) is 0 Å². The number of esters is 3. The van der Waals surface area contributed by atoms with Gasteiger partial charge < -0.3 is 28.5 Å². The molecule has 0 amide bonds. The van der Waals surface area contributed by atoms with Gasteiger partial charge in [0.2, 0.25) is 0 Å². The van der Waals surface area contributed by atoms with Gasteiger partial charge in [0.15, 0.2) is 0 Å². The van der Waals surface area contributed by atoms with Crippen LogP contribution in [0.25, 0.3) is 11.3 Å². The van der Waals surface area contributed by atoms with Crippen molar-refractivity contribution in [3.8, 4) is 17.1 Å². The number of fused-ring (bicyclic) bond motifs is 4. The van der Waals surface area contributed by atoms with E-state index in [0.29, 0.717) is 18.4 Å².